The van der Waals surface area contributed by atoms with Crippen LogP contribution in [0.3, 0.4) is 0 Å². The maximum absolute atomic E-state index is 12.0. The van der Waals surface area contributed by atoms with E-state index in [4.69, 9.17) is 10.3 Å². The van der Waals surface area contributed by atoms with Crippen molar-refractivity contribution in [2.75, 3.05) is 19.7 Å². The van der Waals surface area contributed by atoms with Gasteiger partial charge in [-0.1, -0.05) is 12.0 Å². The van der Waals surface area contributed by atoms with Crippen LogP contribution in [-0.4, -0.2) is 35.4 Å². The predicted octanol–water partition coefficient (Wildman–Crippen LogP) is 2.19. The normalized spacial score (nSPS) is 11.7. The maximum atomic E-state index is 12.0. The lowest BCUT2D eigenvalue weighted by Crippen LogP contribution is -2.31. The van der Waals surface area contributed by atoms with Crippen LogP contribution in [0.15, 0.2) is 17.5 Å². The molecule has 0 amide bonds. The lowest BCUT2D eigenvalue weighted by molar-refractivity contribution is -0.145. The van der Waals surface area contributed by atoms with E-state index in [1.165, 1.54) is 0 Å². The summed E-state index contributed by atoms with van der Waals surface area (Å²) in [5, 5.41) is 10.8. The van der Waals surface area contributed by atoms with Gasteiger partial charge in [0, 0.05) is 29.8 Å². The molecule has 1 N–H and O–H groups in total. The molecule has 0 aromatic carbocycles. The number of ether oxygens (including phenoxy) is 1. The van der Waals surface area contributed by atoms with Crippen molar-refractivity contribution in [1.82, 2.24) is 15.1 Å². The summed E-state index contributed by atoms with van der Waals surface area (Å²) in [6.07, 6.45) is 5.16. The minimum atomic E-state index is -0.540. The second kappa shape index (κ2) is 9.79. The highest BCUT2D eigenvalue weighted by Gasteiger charge is 2.22. The summed E-state index contributed by atoms with van der Waals surface area (Å²) in [7, 11) is 0. The first-order chi connectivity index (χ1) is 10.2. The van der Waals surface area contributed by atoms with Crippen molar-refractivity contribution in [2.45, 2.75) is 39.3 Å². The zero-order chi connectivity index (χ0) is 15.5. The van der Waals surface area contributed by atoms with E-state index >= 15 is 0 Å². The molecule has 21 heavy (non-hydrogen) atoms. The van der Waals surface area contributed by atoms with Crippen molar-refractivity contribution in [2.24, 2.45) is 5.11 Å². The average Bonchev–Trinajstić information content (AvgIpc) is 2.91. The Morgan fingerprint density at radius 3 is 3.10 bits per heavy atom. The third-order valence-corrected chi connectivity index (χ3v) is 2.81. The topological polar surface area (TPSA) is 105 Å². The molecule has 1 heterocycles. The molecule has 0 radical (unpaired) electrons. The van der Waals surface area contributed by atoms with Crippen LogP contribution in [0.2, 0.25) is 0 Å². The highest BCUT2D eigenvalue weighted by atomic mass is 16.5. The molecular formula is C13H22N6O2. The van der Waals surface area contributed by atoms with E-state index in [-0.39, 0.29) is 5.97 Å². The summed E-state index contributed by atoms with van der Waals surface area (Å²) in [6.45, 7) is 5.94. The van der Waals surface area contributed by atoms with Crippen LogP contribution in [0.25, 0.3) is 10.4 Å². The van der Waals surface area contributed by atoms with Gasteiger partial charge in [-0.2, -0.15) is 5.10 Å². The van der Waals surface area contributed by atoms with Crippen LogP contribution in [0.1, 0.15) is 38.3 Å². The minimum Gasteiger partial charge on any atom is -0.465 e. The number of aryl methyl sites for hydroxylation is 1. The van der Waals surface area contributed by atoms with E-state index in [1.54, 1.807) is 13.1 Å². The van der Waals surface area contributed by atoms with Gasteiger partial charge in [0.2, 0.25) is 0 Å². The van der Waals surface area contributed by atoms with E-state index in [1.807, 2.05) is 10.9 Å². The number of hydrogen-bond acceptors (Lipinski definition) is 5. The van der Waals surface area contributed by atoms with Crippen LogP contribution in [0.4, 0.5) is 0 Å². The number of hydrogen-bond donors (Lipinski definition) is 1. The van der Waals surface area contributed by atoms with E-state index in [9.17, 15) is 4.79 Å². The zero-order valence-electron chi connectivity index (χ0n) is 12.5. The van der Waals surface area contributed by atoms with E-state index in [0.717, 1.165) is 18.5 Å². The van der Waals surface area contributed by atoms with E-state index < -0.39 is 6.04 Å². The second-order valence-electron chi connectivity index (χ2n) is 4.48. The van der Waals surface area contributed by atoms with Gasteiger partial charge in [0.1, 0.15) is 6.04 Å². The number of nitrogens with zero attached hydrogens (tertiary/aromatic N) is 5. The van der Waals surface area contributed by atoms with Crippen molar-refractivity contribution in [3.05, 3.63) is 28.4 Å². The zero-order valence-corrected chi connectivity index (χ0v) is 12.5. The molecule has 1 aromatic rings. The van der Waals surface area contributed by atoms with Gasteiger partial charge in [-0.3, -0.25) is 4.68 Å². The summed E-state index contributed by atoms with van der Waals surface area (Å²) in [6, 6.07) is -0.540. The Balaban J connectivity index is 2.66. The largest absolute Gasteiger partial charge is 0.465 e. The standard InChI is InChI=1S/C13H22N6O2/c1-3-8-19-10-11(9-17-19)12(13(20)21-4-2)15-6-5-7-16-18-14/h9-10,12,15H,3-8H2,1-2H3. The first-order valence-electron chi connectivity index (χ1n) is 7.16. The third-order valence-electron chi connectivity index (χ3n) is 2.81. The number of carbonyl (C=O) groups is 1. The number of nitrogens with one attached hydrogen (secondary N) is 1. The summed E-state index contributed by atoms with van der Waals surface area (Å²) < 4.78 is 6.89. The number of azide groups is 1. The lowest BCUT2D eigenvalue weighted by atomic mass is 10.1. The average molecular weight is 294 g/mol. The van der Waals surface area contributed by atoms with E-state index in [0.29, 0.717) is 26.1 Å². The highest BCUT2D eigenvalue weighted by Crippen LogP contribution is 2.14. The molecule has 0 saturated carbocycles. The van der Waals surface area contributed by atoms with Crippen molar-refractivity contribution in [1.29, 1.82) is 0 Å². The maximum Gasteiger partial charge on any atom is 0.327 e. The van der Waals surface area contributed by atoms with Crippen LogP contribution >= 0.6 is 0 Å². The third kappa shape index (κ3) is 5.85. The first kappa shape index (κ1) is 17.0. The molecule has 1 aromatic heterocycles. The summed E-state index contributed by atoms with van der Waals surface area (Å²) >= 11 is 0. The fraction of sp³-hybridized carbons (Fsp3) is 0.692. The molecule has 1 atom stereocenters. The molecule has 1 unspecified atom stereocenters. The quantitative estimate of drug-likeness (QED) is 0.235. The van der Waals surface area contributed by atoms with Crippen LogP contribution < -0.4 is 5.32 Å². The molecule has 0 saturated heterocycles. The van der Waals surface area contributed by atoms with Crippen molar-refractivity contribution < 1.29 is 9.53 Å². The Kier molecular flexibility index (Phi) is 7.93. The van der Waals surface area contributed by atoms with Gasteiger partial charge < -0.3 is 10.1 Å². The summed E-state index contributed by atoms with van der Waals surface area (Å²) in [5.41, 5.74) is 9.00. The number of carbonyl (C=O) groups excluding carboxylic acids is 1. The van der Waals surface area contributed by atoms with Crippen LogP contribution in [-0.2, 0) is 16.1 Å². The van der Waals surface area contributed by atoms with Gasteiger partial charge in [0.05, 0.1) is 12.8 Å². The van der Waals surface area contributed by atoms with E-state index in [2.05, 4.69) is 27.4 Å². The molecule has 8 heteroatoms. The number of rotatable bonds is 10. The van der Waals surface area contributed by atoms with Crippen molar-refractivity contribution in [3.63, 3.8) is 0 Å². The Bertz CT molecular complexity index is 481. The summed E-state index contributed by atoms with van der Waals surface area (Å²) in [5.74, 6) is -0.322. The SMILES string of the molecule is CCCn1cc(C(NCCCN=[N+]=[N-])C(=O)OCC)cn1. The molecule has 0 bridgehead atoms. The predicted molar refractivity (Wildman–Crippen MR) is 78.5 cm³/mol. The van der Waals surface area contributed by atoms with Crippen molar-refractivity contribution in [3.8, 4) is 0 Å². The van der Waals surface area contributed by atoms with Gasteiger partial charge in [0.25, 0.3) is 0 Å². The van der Waals surface area contributed by atoms with Gasteiger partial charge in [-0.25, -0.2) is 4.79 Å². The molecule has 0 aliphatic rings. The Morgan fingerprint density at radius 1 is 1.62 bits per heavy atom. The Hall–Kier alpha value is -2.05. The minimum absolute atomic E-state index is 0.322. The van der Waals surface area contributed by atoms with Gasteiger partial charge in [-0.05, 0) is 31.8 Å². The molecule has 0 aliphatic heterocycles. The Labute approximate surface area is 124 Å². The number of aromatic nitrogens is 2. The molecule has 8 nitrogen and oxygen atoms in total. The van der Waals surface area contributed by atoms with Crippen LogP contribution in [0, 0.1) is 0 Å². The highest BCUT2D eigenvalue weighted by molar-refractivity contribution is 5.77. The molecular weight excluding hydrogens is 272 g/mol. The number of esters is 1. The molecule has 0 aliphatic carbocycles. The smallest absolute Gasteiger partial charge is 0.327 e. The Morgan fingerprint density at radius 2 is 2.43 bits per heavy atom. The molecule has 116 valence electrons. The second-order valence-corrected chi connectivity index (χ2v) is 4.48. The molecule has 1 rings (SSSR count). The lowest BCUT2D eigenvalue weighted by Gasteiger charge is -2.15. The monoisotopic (exact) mass is 294 g/mol. The summed E-state index contributed by atoms with van der Waals surface area (Å²) in [4.78, 5) is 14.7. The fourth-order valence-corrected chi connectivity index (χ4v) is 1.88. The van der Waals surface area contributed by atoms with Gasteiger partial charge in [0.15, 0.2) is 0 Å². The molecule has 0 fully saturated rings. The first-order valence-corrected chi connectivity index (χ1v) is 7.16. The van der Waals surface area contributed by atoms with Crippen LogP contribution in [0.5, 0.6) is 0 Å². The van der Waals surface area contributed by atoms with Gasteiger partial charge >= 0.3 is 5.97 Å². The fourth-order valence-electron chi connectivity index (χ4n) is 1.88. The van der Waals surface area contributed by atoms with Crippen molar-refractivity contribution >= 4 is 5.97 Å². The van der Waals surface area contributed by atoms with Gasteiger partial charge in [-0.15, -0.1) is 0 Å². The molecule has 0 spiro atoms.